The Morgan fingerprint density at radius 2 is 1.75 bits per heavy atom. The predicted octanol–water partition coefficient (Wildman–Crippen LogP) is 3.84. The molecule has 154 valence electrons. The van der Waals surface area contributed by atoms with Crippen molar-refractivity contribution >= 4 is 5.97 Å². The van der Waals surface area contributed by atoms with Crippen LogP contribution in [0, 0.1) is 0 Å². The van der Waals surface area contributed by atoms with E-state index in [1.165, 1.54) is 5.56 Å². The average Bonchev–Trinajstić information content (AvgIpc) is 3.14. The number of carbonyl (C=O) groups is 1. The summed E-state index contributed by atoms with van der Waals surface area (Å²) in [6, 6.07) is 10.6. The summed E-state index contributed by atoms with van der Waals surface area (Å²) in [5, 5.41) is 11.3. The Labute approximate surface area is 161 Å². The first-order valence-electron chi connectivity index (χ1n) is 8.94. The topological polar surface area (TPSA) is 79.5 Å². The molecule has 0 unspecified atom stereocenters. The predicted molar refractivity (Wildman–Crippen MR) is 96.0 cm³/mol. The van der Waals surface area contributed by atoms with Gasteiger partial charge in [0.25, 0.3) is 0 Å². The smallest absolute Gasteiger partial charge is 0.475 e. The van der Waals surface area contributed by atoms with Crippen LogP contribution in [-0.4, -0.2) is 52.4 Å². The lowest BCUT2D eigenvalue weighted by atomic mass is 9.72. The van der Waals surface area contributed by atoms with Crippen LogP contribution in [0.25, 0.3) is 0 Å². The zero-order chi connectivity index (χ0) is 20.9. The summed E-state index contributed by atoms with van der Waals surface area (Å²) in [4.78, 5) is 16.0. The maximum atomic E-state index is 10.6. The molecule has 1 aliphatic rings. The molecule has 0 bridgehead atoms. The van der Waals surface area contributed by atoms with Crippen molar-refractivity contribution in [2.75, 3.05) is 20.1 Å². The second-order valence-corrected chi connectivity index (χ2v) is 7.17. The van der Waals surface area contributed by atoms with Crippen molar-refractivity contribution in [3.8, 4) is 0 Å². The van der Waals surface area contributed by atoms with Crippen molar-refractivity contribution in [3.63, 3.8) is 0 Å². The number of carboxylic acid groups (broad SMARTS) is 1. The Kier molecular flexibility index (Phi) is 6.82. The van der Waals surface area contributed by atoms with Crippen LogP contribution in [0.3, 0.4) is 0 Å². The quantitative estimate of drug-likeness (QED) is 0.845. The molecule has 1 aromatic carbocycles. The van der Waals surface area contributed by atoms with Gasteiger partial charge < -0.3 is 14.5 Å². The van der Waals surface area contributed by atoms with Gasteiger partial charge in [0.15, 0.2) is 5.82 Å². The number of aromatic nitrogens is 2. The largest absolute Gasteiger partial charge is 0.490 e. The number of piperidine rings is 1. The van der Waals surface area contributed by atoms with Crippen molar-refractivity contribution in [2.24, 2.45) is 0 Å². The maximum absolute atomic E-state index is 10.6. The van der Waals surface area contributed by atoms with E-state index in [1.807, 2.05) is 0 Å². The molecule has 0 atom stereocenters. The van der Waals surface area contributed by atoms with Gasteiger partial charge in [0.1, 0.15) is 0 Å². The third kappa shape index (κ3) is 5.09. The summed E-state index contributed by atoms with van der Waals surface area (Å²) in [7, 11) is 2.17. The fourth-order valence-electron chi connectivity index (χ4n) is 3.05. The Balaban J connectivity index is 0.000000345. The number of rotatable bonds is 3. The summed E-state index contributed by atoms with van der Waals surface area (Å²) in [5.74, 6) is -0.876. The molecule has 2 heterocycles. The molecule has 1 aromatic heterocycles. The second-order valence-electron chi connectivity index (χ2n) is 7.17. The summed E-state index contributed by atoms with van der Waals surface area (Å²) < 4.78 is 37.4. The van der Waals surface area contributed by atoms with Gasteiger partial charge in [-0.1, -0.05) is 49.3 Å². The van der Waals surface area contributed by atoms with E-state index in [1.54, 1.807) is 0 Å². The zero-order valence-electron chi connectivity index (χ0n) is 16.0. The third-order valence-corrected chi connectivity index (χ3v) is 4.78. The number of nitrogens with zero attached hydrogens (tertiary/aromatic N) is 3. The summed E-state index contributed by atoms with van der Waals surface area (Å²) in [6.45, 7) is 6.29. The Hall–Kier alpha value is -2.42. The van der Waals surface area contributed by atoms with Crippen LogP contribution in [0.5, 0.6) is 0 Å². The van der Waals surface area contributed by atoms with E-state index >= 15 is 0 Å². The molecule has 3 rings (SSSR count). The number of hydrogen-bond donors (Lipinski definition) is 1. The third-order valence-electron chi connectivity index (χ3n) is 4.78. The zero-order valence-corrected chi connectivity index (χ0v) is 16.0. The van der Waals surface area contributed by atoms with Crippen LogP contribution in [-0.2, 0) is 10.2 Å². The van der Waals surface area contributed by atoms with Crippen molar-refractivity contribution < 1.29 is 27.6 Å². The lowest BCUT2D eigenvalue weighted by Gasteiger charge is -2.38. The van der Waals surface area contributed by atoms with Crippen molar-refractivity contribution in [3.05, 3.63) is 47.6 Å². The minimum atomic E-state index is -5.08. The van der Waals surface area contributed by atoms with Crippen LogP contribution in [0.4, 0.5) is 13.2 Å². The van der Waals surface area contributed by atoms with Crippen LogP contribution < -0.4 is 0 Å². The monoisotopic (exact) mass is 399 g/mol. The highest BCUT2D eigenvalue weighted by Crippen LogP contribution is 2.40. The number of carboxylic acids is 1. The van der Waals surface area contributed by atoms with Crippen molar-refractivity contribution in [1.82, 2.24) is 15.0 Å². The molecular formula is C19H24F3N3O3. The van der Waals surface area contributed by atoms with Gasteiger partial charge in [-0.3, -0.25) is 0 Å². The van der Waals surface area contributed by atoms with Gasteiger partial charge in [0, 0.05) is 5.92 Å². The molecule has 0 saturated carbocycles. The highest BCUT2D eigenvalue weighted by Gasteiger charge is 2.42. The first-order valence-corrected chi connectivity index (χ1v) is 8.94. The van der Waals surface area contributed by atoms with Crippen LogP contribution in [0.2, 0.25) is 0 Å². The number of hydrogen-bond acceptors (Lipinski definition) is 5. The number of alkyl halides is 3. The number of benzene rings is 1. The van der Waals surface area contributed by atoms with E-state index in [4.69, 9.17) is 19.4 Å². The van der Waals surface area contributed by atoms with Crippen molar-refractivity contribution in [2.45, 2.75) is 44.2 Å². The molecular weight excluding hydrogens is 375 g/mol. The Morgan fingerprint density at radius 1 is 1.21 bits per heavy atom. The van der Waals surface area contributed by atoms with Gasteiger partial charge in [0.2, 0.25) is 5.89 Å². The van der Waals surface area contributed by atoms with Gasteiger partial charge in [-0.2, -0.15) is 18.2 Å². The van der Waals surface area contributed by atoms with Gasteiger partial charge >= 0.3 is 12.1 Å². The molecule has 6 nitrogen and oxygen atoms in total. The summed E-state index contributed by atoms with van der Waals surface area (Å²) in [6.07, 6.45) is -3.04. The number of halogens is 3. The highest BCUT2D eigenvalue weighted by atomic mass is 19.4. The van der Waals surface area contributed by atoms with Crippen LogP contribution in [0.1, 0.15) is 49.9 Å². The van der Waals surface area contributed by atoms with Crippen LogP contribution in [0.15, 0.2) is 34.9 Å². The molecule has 0 spiro atoms. The SMILES string of the molecule is CC(C)c1noc(C2(c3ccccc3)CCN(C)CC2)n1.O=C(O)C(F)(F)F. The average molecular weight is 399 g/mol. The molecule has 28 heavy (non-hydrogen) atoms. The maximum Gasteiger partial charge on any atom is 0.490 e. The summed E-state index contributed by atoms with van der Waals surface area (Å²) >= 11 is 0. The fraction of sp³-hybridized carbons (Fsp3) is 0.526. The van der Waals surface area contributed by atoms with Crippen LogP contribution >= 0.6 is 0 Å². The van der Waals surface area contributed by atoms with E-state index < -0.39 is 12.1 Å². The van der Waals surface area contributed by atoms with Gasteiger partial charge in [-0.05, 0) is 38.5 Å². The van der Waals surface area contributed by atoms with Gasteiger partial charge in [-0.15, -0.1) is 0 Å². The summed E-state index contributed by atoms with van der Waals surface area (Å²) in [5.41, 5.74) is 1.16. The van der Waals surface area contributed by atoms with E-state index in [-0.39, 0.29) is 5.41 Å². The normalized spacial score (nSPS) is 17.1. The highest BCUT2D eigenvalue weighted by molar-refractivity contribution is 5.73. The van der Waals surface area contributed by atoms with E-state index in [0.29, 0.717) is 5.92 Å². The fourth-order valence-corrected chi connectivity index (χ4v) is 3.05. The van der Waals surface area contributed by atoms with E-state index in [9.17, 15) is 13.2 Å². The minimum absolute atomic E-state index is 0.131. The first kappa shape index (κ1) is 21.9. The van der Waals surface area contributed by atoms with E-state index in [2.05, 4.69) is 61.3 Å². The van der Waals surface area contributed by atoms with Crippen molar-refractivity contribution in [1.29, 1.82) is 0 Å². The number of aliphatic carboxylic acids is 1. The van der Waals surface area contributed by atoms with E-state index in [0.717, 1.165) is 37.6 Å². The first-order chi connectivity index (χ1) is 13.1. The molecule has 1 N–H and O–H groups in total. The Morgan fingerprint density at radius 3 is 2.18 bits per heavy atom. The lowest BCUT2D eigenvalue weighted by molar-refractivity contribution is -0.192. The molecule has 1 aliphatic heterocycles. The molecule has 1 fully saturated rings. The second kappa shape index (κ2) is 8.72. The standard InChI is InChI=1S/C17H23N3O.C2HF3O2/c1-13(2)15-18-16(21-19-15)17(9-11-20(3)12-10-17)14-7-5-4-6-8-14;3-2(4,5)1(6)7/h4-8,13H,9-12H2,1-3H3;(H,6,7). The molecule has 0 radical (unpaired) electrons. The van der Waals surface area contributed by atoms with Gasteiger partial charge in [0.05, 0.1) is 5.41 Å². The Bertz CT molecular complexity index is 767. The lowest BCUT2D eigenvalue weighted by Crippen LogP contribution is -2.41. The molecule has 0 aliphatic carbocycles. The number of likely N-dealkylation sites (tertiary alicyclic amines) is 1. The van der Waals surface area contributed by atoms with Gasteiger partial charge in [-0.25, -0.2) is 4.79 Å². The molecule has 2 aromatic rings. The minimum Gasteiger partial charge on any atom is -0.475 e. The molecule has 0 amide bonds. The molecule has 9 heteroatoms. The molecule has 1 saturated heterocycles.